The first-order valence-electron chi connectivity index (χ1n) is 9.65. The Kier molecular flexibility index (Phi) is 9.03. The molecule has 0 saturated carbocycles. The topological polar surface area (TPSA) is 108 Å². The average Bonchev–Trinajstić information content (AvgIpc) is 2.79. The Labute approximate surface area is 190 Å². The van der Waals surface area contributed by atoms with Crippen LogP contribution in [0.1, 0.15) is 20.7 Å². The van der Waals surface area contributed by atoms with E-state index in [9.17, 15) is 26.8 Å². The minimum Gasteiger partial charge on any atom is -0.462 e. The number of ether oxygens (including phenoxy) is 2. The zero-order valence-electron chi connectivity index (χ0n) is 17.9. The maximum atomic E-state index is 15.0. The number of esters is 2. The highest BCUT2D eigenvalue weighted by Gasteiger charge is 2.48. The number of sulfone groups is 1. The number of oxime groups is 1. The summed E-state index contributed by atoms with van der Waals surface area (Å²) >= 11 is 0. The first kappa shape index (κ1) is 25.9. The van der Waals surface area contributed by atoms with E-state index >= 15 is 0 Å². The number of hydrogen-bond donors (Lipinski definition) is 0. The van der Waals surface area contributed by atoms with Crippen LogP contribution in [0.15, 0.2) is 65.8 Å². The number of halogens is 2. The van der Waals surface area contributed by atoms with Crippen LogP contribution in [0.4, 0.5) is 8.78 Å². The Hall–Kier alpha value is -3.34. The molecule has 2 unspecified atom stereocenters. The van der Waals surface area contributed by atoms with Crippen molar-refractivity contribution in [3.05, 3.63) is 71.8 Å². The summed E-state index contributed by atoms with van der Waals surface area (Å²) in [5, 5.41) is 3.04. The molecule has 0 N–H and O–H groups in total. The summed E-state index contributed by atoms with van der Waals surface area (Å²) in [6.07, 6.45) is -1.40. The van der Waals surface area contributed by atoms with Crippen LogP contribution in [-0.4, -0.2) is 64.3 Å². The van der Waals surface area contributed by atoms with E-state index in [2.05, 4.69) is 9.99 Å². The van der Waals surface area contributed by atoms with Crippen molar-refractivity contribution in [1.29, 1.82) is 0 Å². The van der Waals surface area contributed by atoms with Gasteiger partial charge in [0.2, 0.25) is 0 Å². The van der Waals surface area contributed by atoms with Gasteiger partial charge in [0.05, 0.1) is 29.4 Å². The molecule has 8 nitrogen and oxygen atoms in total. The second kappa shape index (κ2) is 11.5. The van der Waals surface area contributed by atoms with Crippen molar-refractivity contribution in [3.8, 4) is 0 Å². The van der Waals surface area contributed by atoms with Crippen LogP contribution in [0.3, 0.4) is 0 Å². The van der Waals surface area contributed by atoms with Crippen LogP contribution in [0.5, 0.6) is 0 Å². The van der Waals surface area contributed by atoms with Gasteiger partial charge in [0.1, 0.15) is 23.2 Å². The normalized spacial score (nSPS) is 13.8. The fraction of sp³-hybridized carbons (Fsp3) is 0.318. The van der Waals surface area contributed by atoms with E-state index in [0.717, 1.165) is 13.4 Å². The summed E-state index contributed by atoms with van der Waals surface area (Å²) in [5.74, 6) is -8.37. The molecule has 178 valence electrons. The van der Waals surface area contributed by atoms with Crippen molar-refractivity contribution < 1.29 is 41.1 Å². The van der Waals surface area contributed by atoms with Crippen molar-refractivity contribution >= 4 is 28.0 Å². The Morgan fingerprint density at radius 1 is 1.00 bits per heavy atom. The fourth-order valence-corrected chi connectivity index (χ4v) is 3.94. The van der Waals surface area contributed by atoms with E-state index in [1.54, 1.807) is 24.3 Å². The highest BCUT2D eigenvalue weighted by Crippen LogP contribution is 2.29. The lowest BCUT2D eigenvalue weighted by atomic mass is 9.99. The van der Waals surface area contributed by atoms with Crippen LogP contribution >= 0.6 is 0 Å². The third-order valence-electron chi connectivity index (χ3n) is 4.34. The first-order chi connectivity index (χ1) is 15.5. The molecule has 0 spiro atoms. The van der Waals surface area contributed by atoms with Crippen molar-refractivity contribution in [1.82, 2.24) is 0 Å². The Morgan fingerprint density at radius 3 is 2.00 bits per heavy atom. The summed E-state index contributed by atoms with van der Waals surface area (Å²) in [5.41, 5.74) is 0.113. The molecular weight excluding hydrogens is 460 g/mol. The quantitative estimate of drug-likeness (QED) is 0.275. The van der Waals surface area contributed by atoms with E-state index in [-0.39, 0.29) is 17.3 Å². The lowest BCUT2D eigenvalue weighted by Gasteiger charge is -2.30. The Bertz CT molecular complexity index is 1060. The van der Waals surface area contributed by atoms with Gasteiger partial charge in [0.25, 0.3) is 0 Å². The predicted molar refractivity (Wildman–Crippen MR) is 116 cm³/mol. The molecule has 0 aliphatic heterocycles. The molecule has 0 aliphatic rings. The molecule has 0 radical (unpaired) electrons. The standard InChI is InChI=1S/C22H23F2NO7S/c1-30-25-15-22(23,24)19(32-21(27)17-11-7-4-8-12-17)18(14-33(2,28)29)13-31-20(26)16-9-5-3-6-10-16/h3-12,15,18-19H,13-14H2,1-2H3/b25-15+. The minimum atomic E-state index is -3.95. The van der Waals surface area contributed by atoms with Gasteiger partial charge in [-0.25, -0.2) is 18.0 Å². The number of nitrogens with zero attached hydrogens (tertiary/aromatic N) is 1. The minimum absolute atomic E-state index is 0.0265. The van der Waals surface area contributed by atoms with E-state index in [4.69, 9.17) is 9.47 Å². The van der Waals surface area contributed by atoms with Gasteiger partial charge in [-0.2, -0.15) is 8.78 Å². The molecular formula is C22H23F2NO7S. The largest absolute Gasteiger partial charge is 0.462 e. The maximum Gasteiger partial charge on any atom is 0.338 e. The molecule has 0 aromatic heterocycles. The number of hydrogen-bond acceptors (Lipinski definition) is 8. The SMILES string of the molecule is CO/N=C/C(F)(F)C(OC(=O)c1ccccc1)C(COC(=O)c1ccccc1)CS(C)(=O)=O. The molecule has 0 bridgehead atoms. The molecule has 33 heavy (non-hydrogen) atoms. The summed E-state index contributed by atoms with van der Waals surface area (Å²) in [4.78, 5) is 29.1. The van der Waals surface area contributed by atoms with Gasteiger partial charge in [0, 0.05) is 6.26 Å². The van der Waals surface area contributed by atoms with Crippen LogP contribution in [0.25, 0.3) is 0 Å². The van der Waals surface area contributed by atoms with Crippen molar-refractivity contribution in [2.45, 2.75) is 12.0 Å². The summed E-state index contributed by atoms with van der Waals surface area (Å²) in [7, 11) is -2.82. The van der Waals surface area contributed by atoms with Gasteiger partial charge < -0.3 is 14.3 Å². The Morgan fingerprint density at radius 2 is 1.52 bits per heavy atom. The average molecular weight is 483 g/mol. The molecule has 11 heteroatoms. The molecule has 0 aliphatic carbocycles. The molecule has 0 fully saturated rings. The molecule has 0 saturated heterocycles. The van der Waals surface area contributed by atoms with E-state index in [1.165, 1.54) is 36.4 Å². The summed E-state index contributed by atoms with van der Waals surface area (Å²) in [6, 6.07) is 15.0. The fourth-order valence-electron chi connectivity index (χ4n) is 2.90. The first-order valence-corrected chi connectivity index (χ1v) is 11.7. The summed E-state index contributed by atoms with van der Waals surface area (Å²) < 4.78 is 64.1. The third-order valence-corrected chi connectivity index (χ3v) is 5.37. The van der Waals surface area contributed by atoms with Gasteiger partial charge in [-0.1, -0.05) is 41.6 Å². The number of rotatable bonds is 11. The monoisotopic (exact) mass is 483 g/mol. The van der Waals surface area contributed by atoms with Gasteiger partial charge >= 0.3 is 17.9 Å². The van der Waals surface area contributed by atoms with Gasteiger partial charge in [-0.3, -0.25) is 0 Å². The molecule has 0 heterocycles. The zero-order chi connectivity index (χ0) is 24.5. The zero-order valence-corrected chi connectivity index (χ0v) is 18.7. The molecule has 2 aromatic carbocycles. The van der Waals surface area contributed by atoms with E-state index < -0.39 is 52.1 Å². The van der Waals surface area contributed by atoms with Crippen LogP contribution in [0, 0.1) is 5.92 Å². The maximum absolute atomic E-state index is 15.0. The predicted octanol–water partition coefficient (Wildman–Crippen LogP) is 3.00. The second-order valence-electron chi connectivity index (χ2n) is 7.10. The smallest absolute Gasteiger partial charge is 0.338 e. The summed E-state index contributed by atoms with van der Waals surface area (Å²) in [6.45, 7) is -0.760. The third kappa shape index (κ3) is 8.26. The van der Waals surface area contributed by atoms with Crippen LogP contribution in [-0.2, 0) is 24.1 Å². The highest BCUT2D eigenvalue weighted by molar-refractivity contribution is 7.90. The molecule has 2 rings (SSSR count). The van der Waals surface area contributed by atoms with Gasteiger partial charge in [0.15, 0.2) is 6.10 Å². The number of carbonyl (C=O) groups is 2. The van der Waals surface area contributed by atoms with E-state index in [0.29, 0.717) is 0 Å². The number of carbonyl (C=O) groups excluding carboxylic acids is 2. The number of alkyl halides is 2. The highest BCUT2D eigenvalue weighted by atomic mass is 32.2. The number of benzene rings is 2. The molecule has 0 amide bonds. The van der Waals surface area contributed by atoms with Gasteiger partial charge in [-0.05, 0) is 24.3 Å². The van der Waals surface area contributed by atoms with Crippen molar-refractivity contribution in [3.63, 3.8) is 0 Å². The lowest BCUT2D eigenvalue weighted by Crippen LogP contribution is -2.48. The molecule has 2 atom stereocenters. The van der Waals surface area contributed by atoms with Gasteiger partial charge in [-0.15, -0.1) is 0 Å². The second-order valence-corrected chi connectivity index (χ2v) is 9.29. The molecule has 2 aromatic rings. The van der Waals surface area contributed by atoms with E-state index in [1.807, 2.05) is 0 Å². The van der Waals surface area contributed by atoms with Crippen LogP contribution < -0.4 is 0 Å². The van der Waals surface area contributed by atoms with Crippen LogP contribution in [0.2, 0.25) is 0 Å². The van der Waals surface area contributed by atoms with Crippen molar-refractivity contribution in [2.24, 2.45) is 11.1 Å². The van der Waals surface area contributed by atoms with Crippen molar-refractivity contribution in [2.75, 3.05) is 25.7 Å². The Balaban J connectivity index is 2.37. The lowest BCUT2D eigenvalue weighted by molar-refractivity contribution is -0.0963.